The van der Waals surface area contributed by atoms with Crippen molar-refractivity contribution in [1.29, 1.82) is 0 Å². The Labute approximate surface area is 148 Å². The lowest BCUT2D eigenvalue weighted by Crippen LogP contribution is -2.49. The SMILES string of the molecule is c1cnc(NC2CC[N@]3CCCC2C3)c(-c2ccc3cc[nH]c3c2)c1. The predicted octanol–water partition coefficient (Wildman–Crippen LogP) is 4.13. The third-order valence-corrected chi connectivity index (χ3v) is 5.86. The minimum atomic E-state index is 0.541. The quantitative estimate of drug-likeness (QED) is 0.758. The first-order chi connectivity index (χ1) is 12.4. The van der Waals surface area contributed by atoms with Gasteiger partial charge >= 0.3 is 0 Å². The predicted molar refractivity (Wildman–Crippen MR) is 103 cm³/mol. The smallest absolute Gasteiger partial charge is 0.134 e. The number of piperidine rings is 2. The Hall–Kier alpha value is -2.33. The van der Waals surface area contributed by atoms with E-state index in [1.807, 2.05) is 18.5 Å². The van der Waals surface area contributed by atoms with Gasteiger partial charge in [-0.05, 0) is 66.9 Å². The monoisotopic (exact) mass is 332 g/mol. The van der Waals surface area contributed by atoms with Crippen LogP contribution in [0.5, 0.6) is 0 Å². The molecule has 2 aromatic heterocycles. The molecule has 2 bridgehead atoms. The maximum absolute atomic E-state index is 4.69. The number of hydrogen-bond acceptors (Lipinski definition) is 3. The summed E-state index contributed by atoms with van der Waals surface area (Å²) in [7, 11) is 0. The summed E-state index contributed by atoms with van der Waals surface area (Å²) in [5.74, 6) is 1.78. The topological polar surface area (TPSA) is 44.0 Å². The molecule has 128 valence electrons. The molecule has 0 aliphatic carbocycles. The number of aromatic nitrogens is 2. The Morgan fingerprint density at radius 3 is 3.12 bits per heavy atom. The lowest BCUT2D eigenvalue weighted by molar-refractivity contribution is 0.113. The van der Waals surface area contributed by atoms with Crippen molar-refractivity contribution in [3.63, 3.8) is 0 Å². The Bertz CT molecular complexity index is 884. The fraction of sp³-hybridized carbons (Fsp3) is 0.381. The second kappa shape index (κ2) is 6.19. The van der Waals surface area contributed by atoms with Crippen LogP contribution in [0.25, 0.3) is 22.0 Å². The third-order valence-electron chi connectivity index (χ3n) is 5.86. The maximum Gasteiger partial charge on any atom is 0.134 e. The van der Waals surface area contributed by atoms with Gasteiger partial charge in [-0.1, -0.05) is 12.1 Å². The highest BCUT2D eigenvalue weighted by molar-refractivity contribution is 5.87. The van der Waals surface area contributed by atoms with Crippen LogP contribution in [0, 0.1) is 5.92 Å². The molecule has 3 aromatic rings. The van der Waals surface area contributed by atoms with Crippen molar-refractivity contribution in [1.82, 2.24) is 14.9 Å². The third kappa shape index (κ3) is 2.81. The van der Waals surface area contributed by atoms with Gasteiger partial charge < -0.3 is 15.2 Å². The zero-order chi connectivity index (χ0) is 16.6. The van der Waals surface area contributed by atoms with Crippen LogP contribution >= 0.6 is 0 Å². The number of nitrogens with one attached hydrogen (secondary N) is 2. The molecule has 2 fully saturated rings. The molecule has 2 unspecified atom stereocenters. The Morgan fingerprint density at radius 1 is 1.12 bits per heavy atom. The molecule has 2 aliphatic rings. The number of fused-ring (bicyclic) bond motifs is 3. The molecule has 0 amide bonds. The molecule has 2 saturated heterocycles. The van der Waals surface area contributed by atoms with Gasteiger partial charge in [0.05, 0.1) is 0 Å². The molecule has 4 heteroatoms. The van der Waals surface area contributed by atoms with Crippen molar-refractivity contribution in [2.24, 2.45) is 5.92 Å². The van der Waals surface area contributed by atoms with Gasteiger partial charge in [0.1, 0.15) is 5.82 Å². The summed E-state index contributed by atoms with van der Waals surface area (Å²) < 4.78 is 0. The second-order valence-electron chi connectivity index (χ2n) is 7.42. The van der Waals surface area contributed by atoms with E-state index in [0.717, 1.165) is 11.7 Å². The zero-order valence-corrected chi connectivity index (χ0v) is 14.4. The maximum atomic E-state index is 4.69. The second-order valence-corrected chi connectivity index (χ2v) is 7.42. The van der Waals surface area contributed by atoms with E-state index in [2.05, 4.69) is 50.5 Å². The summed E-state index contributed by atoms with van der Waals surface area (Å²) in [6.45, 7) is 3.74. The van der Waals surface area contributed by atoms with Crippen molar-refractivity contribution in [2.75, 3.05) is 25.0 Å². The van der Waals surface area contributed by atoms with Gasteiger partial charge in [0.25, 0.3) is 0 Å². The van der Waals surface area contributed by atoms with E-state index in [1.165, 1.54) is 60.9 Å². The molecule has 4 heterocycles. The summed E-state index contributed by atoms with van der Waals surface area (Å²) in [6, 6.07) is 13.5. The number of nitrogens with zero attached hydrogens (tertiary/aromatic N) is 2. The van der Waals surface area contributed by atoms with Gasteiger partial charge in [0, 0.05) is 42.6 Å². The molecule has 2 aliphatic heterocycles. The van der Waals surface area contributed by atoms with Crippen LogP contribution in [0.3, 0.4) is 0 Å². The van der Waals surface area contributed by atoms with Crippen LogP contribution in [0.15, 0.2) is 48.8 Å². The largest absolute Gasteiger partial charge is 0.366 e. The van der Waals surface area contributed by atoms with Gasteiger partial charge in [-0.25, -0.2) is 4.98 Å². The normalized spacial score (nSPS) is 25.8. The van der Waals surface area contributed by atoms with Gasteiger partial charge in [-0.2, -0.15) is 0 Å². The van der Waals surface area contributed by atoms with E-state index >= 15 is 0 Å². The fourth-order valence-electron chi connectivity index (χ4n) is 4.51. The Morgan fingerprint density at radius 2 is 2.12 bits per heavy atom. The van der Waals surface area contributed by atoms with Crippen LogP contribution in [0.2, 0.25) is 0 Å². The molecule has 3 atom stereocenters. The molecule has 0 spiro atoms. The first-order valence-electron chi connectivity index (χ1n) is 9.38. The van der Waals surface area contributed by atoms with Crippen LogP contribution in [0.1, 0.15) is 19.3 Å². The highest BCUT2D eigenvalue weighted by Crippen LogP contribution is 2.33. The summed E-state index contributed by atoms with van der Waals surface area (Å²) in [5, 5.41) is 5.04. The van der Waals surface area contributed by atoms with E-state index < -0.39 is 0 Å². The van der Waals surface area contributed by atoms with E-state index in [1.54, 1.807) is 0 Å². The van der Waals surface area contributed by atoms with Crippen LogP contribution in [-0.2, 0) is 0 Å². The lowest BCUT2D eigenvalue weighted by Gasteiger charge is -2.43. The highest BCUT2D eigenvalue weighted by atomic mass is 15.2. The molecule has 25 heavy (non-hydrogen) atoms. The average Bonchev–Trinajstić information content (AvgIpc) is 3.13. The van der Waals surface area contributed by atoms with Crippen molar-refractivity contribution in [3.05, 3.63) is 48.8 Å². The number of aromatic amines is 1. The summed E-state index contributed by atoms with van der Waals surface area (Å²) >= 11 is 0. The number of rotatable bonds is 3. The zero-order valence-electron chi connectivity index (χ0n) is 14.4. The molecule has 2 N–H and O–H groups in total. The number of H-pyrrole nitrogens is 1. The molecule has 1 aromatic carbocycles. The molecule has 5 rings (SSSR count). The average molecular weight is 332 g/mol. The Kier molecular flexibility index (Phi) is 3.71. The number of benzene rings is 1. The van der Waals surface area contributed by atoms with Crippen molar-refractivity contribution in [2.45, 2.75) is 25.3 Å². The summed E-state index contributed by atoms with van der Waals surface area (Å²) in [6.07, 6.45) is 7.78. The van der Waals surface area contributed by atoms with E-state index in [4.69, 9.17) is 0 Å². The van der Waals surface area contributed by atoms with Gasteiger partial charge in [0.15, 0.2) is 0 Å². The van der Waals surface area contributed by atoms with Crippen molar-refractivity contribution in [3.8, 4) is 11.1 Å². The lowest BCUT2D eigenvalue weighted by atomic mass is 9.85. The van der Waals surface area contributed by atoms with E-state index in [0.29, 0.717) is 6.04 Å². The number of anilines is 1. The first kappa shape index (κ1) is 15.0. The van der Waals surface area contributed by atoms with E-state index in [-0.39, 0.29) is 0 Å². The molecular weight excluding hydrogens is 308 g/mol. The van der Waals surface area contributed by atoms with Gasteiger partial charge in [-0.15, -0.1) is 0 Å². The minimum Gasteiger partial charge on any atom is -0.366 e. The van der Waals surface area contributed by atoms with Crippen LogP contribution in [0.4, 0.5) is 5.82 Å². The van der Waals surface area contributed by atoms with Gasteiger partial charge in [-0.3, -0.25) is 0 Å². The number of hydrogen-bond donors (Lipinski definition) is 2. The fourth-order valence-corrected chi connectivity index (χ4v) is 4.51. The Balaban J connectivity index is 1.46. The molecule has 0 radical (unpaired) electrons. The summed E-state index contributed by atoms with van der Waals surface area (Å²) in [4.78, 5) is 10.6. The van der Waals surface area contributed by atoms with Crippen molar-refractivity contribution < 1.29 is 0 Å². The summed E-state index contributed by atoms with van der Waals surface area (Å²) in [5.41, 5.74) is 3.58. The van der Waals surface area contributed by atoms with Gasteiger partial charge in [0.2, 0.25) is 0 Å². The van der Waals surface area contributed by atoms with Crippen molar-refractivity contribution >= 4 is 16.7 Å². The van der Waals surface area contributed by atoms with Crippen LogP contribution in [-0.4, -0.2) is 40.5 Å². The molecule has 4 nitrogen and oxygen atoms in total. The minimum absolute atomic E-state index is 0.541. The molecular formula is C21H24N4. The first-order valence-corrected chi connectivity index (χ1v) is 9.38. The highest BCUT2D eigenvalue weighted by Gasteiger charge is 2.32. The molecule has 0 saturated carbocycles. The standard InChI is InChI=1S/C21H24N4/c1-4-18(16-6-5-15-7-10-22-20(15)13-16)21(23-9-1)24-19-8-12-25-11-2-3-17(19)14-25/h1,4-7,9-10,13,17,19,22H,2-3,8,11-12,14H2,(H,23,24). The number of pyridine rings is 1. The van der Waals surface area contributed by atoms with Crippen LogP contribution < -0.4 is 5.32 Å². The van der Waals surface area contributed by atoms with E-state index in [9.17, 15) is 0 Å².